The molecule has 8 heteroatoms. The molecule has 8 nitrogen and oxygen atoms in total. The van der Waals surface area contributed by atoms with E-state index in [9.17, 15) is 19.5 Å². The van der Waals surface area contributed by atoms with E-state index in [0.29, 0.717) is 6.42 Å². The Labute approximate surface area is 247 Å². The molecule has 1 unspecified atom stereocenters. The minimum Gasteiger partial charge on any atom is -0.480 e. The molecule has 0 saturated carbocycles. The molecule has 1 aliphatic rings. The van der Waals surface area contributed by atoms with E-state index in [1.807, 2.05) is 75.4 Å². The Morgan fingerprint density at radius 3 is 2.00 bits per heavy atom. The van der Waals surface area contributed by atoms with Gasteiger partial charge in [0, 0.05) is 18.4 Å². The third kappa shape index (κ3) is 8.19. The first-order valence-corrected chi connectivity index (χ1v) is 14.3. The number of rotatable bonds is 12. The van der Waals surface area contributed by atoms with Gasteiger partial charge >= 0.3 is 12.1 Å². The predicted molar refractivity (Wildman–Crippen MR) is 161 cm³/mol. The number of amides is 2. The van der Waals surface area contributed by atoms with Gasteiger partial charge in [-0.15, -0.1) is 0 Å². The number of fused-ring (bicyclic) bond motifs is 3. The van der Waals surface area contributed by atoms with Crippen LogP contribution in [-0.2, 0) is 25.7 Å². The minimum atomic E-state index is -1.24. The highest BCUT2D eigenvalue weighted by molar-refractivity contribution is 5.84. The largest absolute Gasteiger partial charge is 0.480 e. The maximum Gasteiger partial charge on any atom is 0.407 e. The number of hydrogen-bond acceptors (Lipinski definition) is 5. The molecule has 0 aliphatic heterocycles. The SMILES string of the molecule is C[C@@H](OCc1ccccc1)[C@H](NC(=O)CC(CC(C)(C)C)NC(=O)OCC1c2ccccc2-c2ccccc21)C(=O)O. The number of ether oxygens (including phenoxy) is 2. The summed E-state index contributed by atoms with van der Waals surface area (Å²) in [6.45, 7) is 8.03. The molecule has 0 bridgehead atoms. The molecular weight excluding hydrogens is 532 g/mol. The Morgan fingerprint density at radius 2 is 1.43 bits per heavy atom. The van der Waals surface area contributed by atoms with Crippen LogP contribution in [0.2, 0.25) is 0 Å². The van der Waals surface area contributed by atoms with Crippen molar-refractivity contribution in [3.05, 3.63) is 95.6 Å². The van der Waals surface area contributed by atoms with E-state index in [-0.39, 0.29) is 31.0 Å². The molecule has 0 spiro atoms. The van der Waals surface area contributed by atoms with E-state index in [1.165, 1.54) is 0 Å². The number of carbonyl (C=O) groups is 3. The molecule has 0 saturated heterocycles. The predicted octanol–water partition coefficient (Wildman–Crippen LogP) is 5.89. The van der Waals surface area contributed by atoms with Gasteiger partial charge in [0.2, 0.25) is 5.91 Å². The van der Waals surface area contributed by atoms with E-state index in [1.54, 1.807) is 6.92 Å². The smallest absolute Gasteiger partial charge is 0.407 e. The lowest BCUT2D eigenvalue weighted by Gasteiger charge is -2.28. The van der Waals surface area contributed by atoms with Crippen LogP contribution < -0.4 is 10.6 Å². The summed E-state index contributed by atoms with van der Waals surface area (Å²) in [4.78, 5) is 38.0. The fourth-order valence-electron chi connectivity index (χ4n) is 5.45. The summed E-state index contributed by atoms with van der Waals surface area (Å²) in [5, 5.41) is 15.2. The molecule has 1 aliphatic carbocycles. The first-order chi connectivity index (χ1) is 20.0. The summed E-state index contributed by atoms with van der Waals surface area (Å²) in [7, 11) is 0. The van der Waals surface area contributed by atoms with Crippen molar-refractivity contribution in [3.63, 3.8) is 0 Å². The Bertz CT molecular complexity index is 1340. The van der Waals surface area contributed by atoms with Crippen LogP contribution in [0.25, 0.3) is 11.1 Å². The molecule has 2 amide bonds. The van der Waals surface area contributed by atoms with Crippen molar-refractivity contribution >= 4 is 18.0 Å². The lowest BCUT2D eigenvalue weighted by Crippen LogP contribution is -2.50. The molecule has 3 atom stereocenters. The zero-order chi connectivity index (χ0) is 30.3. The normalized spacial score (nSPS) is 14.7. The van der Waals surface area contributed by atoms with Gasteiger partial charge in [-0.2, -0.15) is 0 Å². The molecule has 0 aromatic heterocycles. The van der Waals surface area contributed by atoms with Crippen molar-refractivity contribution in [2.24, 2.45) is 5.41 Å². The van der Waals surface area contributed by atoms with E-state index in [0.717, 1.165) is 27.8 Å². The number of alkyl carbamates (subject to hydrolysis) is 1. The van der Waals surface area contributed by atoms with Gasteiger partial charge in [0.25, 0.3) is 0 Å². The van der Waals surface area contributed by atoms with Gasteiger partial charge in [-0.05, 0) is 46.6 Å². The molecule has 0 heterocycles. The van der Waals surface area contributed by atoms with Crippen molar-refractivity contribution in [2.75, 3.05) is 6.61 Å². The summed E-state index contributed by atoms with van der Waals surface area (Å²) in [5.41, 5.74) is 5.19. The van der Waals surface area contributed by atoms with Crippen LogP contribution in [0.5, 0.6) is 0 Å². The number of hydrogen-bond donors (Lipinski definition) is 3. The lowest BCUT2D eigenvalue weighted by molar-refractivity contribution is -0.146. The van der Waals surface area contributed by atoms with Gasteiger partial charge in [-0.1, -0.05) is 99.6 Å². The average molecular weight is 573 g/mol. The Hall–Kier alpha value is -4.17. The lowest BCUT2D eigenvalue weighted by atomic mass is 9.87. The zero-order valence-electron chi connectivity index (χ0n) is 24.6. The van der Waals surface area contributed by atoms with Crippen LogP contribution >= 0.6 is 0 Å². The molecule has 222 valence electrons. The monoisotopic (exact) mass is 572 g/mol. The second-order valence-corrected chi connectivity index (χ2v) is 12.0. The van der Waals surface area contributed by atoms with Crippen LogP contribution in [-0.4, -0.2) is 47.9 Å². The van der Waals surface area contributed by atoms with E-state index < -0.39 is 36.2 Å². The van der Waals surface area contributed by atoms with Gasteiger partial charge < -0.3 is 25.2 Å². The highest BCUT2D eigenvalue weighted by Crippen LogP contribution is 2.44. The van der Waals surface area contributed by atoms with Crippen LogP contribution in [0.4, 0.5) is 4.79 Å². The van der Waals surface area contributed by atoms with E-state index in [4.69, 9.17) is 9.47 Å². The van der Waals surface area contributed by atoms with Gasteiger partial charge in [0.1, 0.15) is 6.61 Å². The molecule has 3 aromatic rings. The number of carbonyl (C=O) groups excluding carboxylic acids is 2. The summed E-state index contributed by atoms with van der Waals surface area (Å²) >= 11 is 0. The fraction of sp³-hybridized carbons (Fsp3) is 0.382. The van der Waals surface area contributed by atoms with Gasteiger partial charge in [0.05, 0.1) is 12.7 Å². The Balaban J connectivity index is 1.36. The molecule has 0 fully saturated rings. The Morgan fingerprint density at radius 1 is 0.857 bits per heavy atom. The molecule has 4 rings (SSSR count). The molecule has 0 radical (unpaired) electrons. The maximum atomic E-state index is 13.0. The summed E-state index contributed by atoms with van der Waals surface area (Å²) in [6.07, 6.45) is -1.00. The summed E-state index contributed by atoms with van der Waals surface area (Å²) in [5.74, 6) is -1.77. The zero-order valence-corrected chi connectivity index (χ0v) is 24.6. The first-order valence-electron chi connectivity index (χ1n) is 14.3. The van der Waals surface area contributed by atoms with Gasteiger partial charge in [0.15, 0.2) is 6.04 Å². The highest BCUT2D eigenvalue weighted by atomic mass is 16.5. The van der Waals surface area contributed by atoms with Crippen molar-refractivity contribution in [3.8, 4) is 11.1 Å². The third-order valence-electron chi connectivity index (χ3n) is 7.36. The van der Waals surface area contributed by atoms with E-state index in [2.05, 4.69) is 34.9 Å². The molecule has 3 N–H and O–H groups in total. The van der Waals surface area contributed by atoms with Crippen molar-refractivity contribution < 1.29 is 29.0 Å². The second-order valence-electron chi connectivity index (χ2n) is 12.0. The highest BCUT2D eigenvalue weighted by Gasteiger charge is 2.31. The molecule has 42 heavy (non-hydrogen) atoms. The van der Waals surface area contributed by atoms with Gasteiger partial charge in [-0.3, -0.25) is 4.79 Å². The number of aliphatic carboxylic acids is 1. The summed E-state index contributed by atoms with van der Waals surface area (Å²) in [6, 6.07) is 23.8. The molecular formula is C34H40N2O6. The fourth-order valence-corrected chi connectivity index (χ4v) is 5.45. The van der Waals surface area contributed by atoms with Gasteiger partial charge in [-0.25, -0.2) is 9.59 Å². The first kappa shape index (κ1) is 30.8. The Kier molecular flexibility index (Phi) is 10.0. The number of benzene rings is 3. The average Bonchev–Trinajstić information content (AvgIpc) is 3.26. The van der Waals surface area contributed by atoms with Crippen LogP contribution in [0, 0.1) is 5.41 Å². The van der Waals surface area contributed by atoms with Crippen LogP contribution in [0.1, 0.15) is 63.1 Å². The topological polar surface area (TPSA) is 114 Å². The van der Waals surface area contributed by atoms with Crippen molar-refractivity contribution in [1.29, 1.82) is 0 Å². The number of carboxylic acids is 1. The number of carboxylic acid groups (broad SMARTS) is 1. The van der Waals surface area contributed by atoms with Crippen molar-refractivity contribution in [1.82, 2.24) is 10.6 Å². The third-order valence-corrected chi connectivity index (χ3v) is 7.36. The van der Waals surface area contributed by atoms with Crippen molar-refractivity contribution in [2.45, 2.75) is 71.2 Å². The van der Waals surface area contributed by atoms with E-state index >= 15 is 0 Å². The maximum absolute atomic E-state index is 13.0. The van der Waals surface area contributed by atoms with Crippen LogP contribution in [0.15, 0.2) is 78.9 Å². The minimum absolute atomic E-state index is 0.0822. The molecule has 3 aromatic carbocycles. The standard InChI is InChI=1S/C34H40N2O6/c1-22(41-20-23-12-6-5-7-13-23)31(32(38)39)36-30(37)18-24(19-34(2,3)4)35-33(40)42-21-29-27-16-10-8-14-25(27)26-15-9-11-17-28(26)29/h5-17,22,24,29,31H,18-21H2,1-4H3,(H,35,40)(H,36,37)(H,38,39)/t22-,24?,31+/m1/s1. The summed E-state index contributed by atoms with van der Waals surface area (Å²) < 4.78 is 11.4. The number of nitrogens with one attached hydrogen (secondary N) is 2. The second kappa shape index (κ2) is 13.7. The van der Waals surface area contributed by atoms with Crippen LogP contribution in [0.3, 0.4) is 0 Å². The quantitative estimate of drug-likeness (QED) is 0.249.